The van der Waals surface area contributed by atoms with E-state index < -0.39 is 5.82 Å². The lowest BCUT2D eigenvalue weighted by molar-refractivity contribution is -0.116. The minimum atomic E-state index is -0.417. The summed E-state index contributed by atoms with van der Waals surface area (Å²) in [5, 5.41) is 2.63. The predicted octanol–water partition coefficient (Wildman–Crippen LogP) is 2.87. The number of hydrogen-bond donors (Lipinski definition) is 1. The topological polar surface area (TPSA) is 64.0 Å². The fraction of sp³-hybridized carbons (Fsp3) is 0.167. The summed E-state index contributed by atoms with van der Waals surface area (Å²) in [4.78, 5) is 28.6. The summed E-state index contributed by atoms with van der Waals surface area (Å²) in [6.45, 7) is 1.88. The number of fused-ring (bicyclic) bond motifs is 1. The molecule has 0 aliphatic rings. The van der Waals surface area contributed by atoms with Crippen molar-refractivity contribution in [2.75, 3.05) is 5.32 Å². The van der Waals surface area contributed by atoms with Crippen LogP contribution in [0.4, 0.5) is 10.1 Å². The lowest BCUT2D eigenvalue weighted by Crippen LogP contribution is -2.26. The number of aromatic nitrogens is 2. The second-order valence-electron chi connectivity index (χ2n) is 5.45. The Morgan fingerprint density at radius 1 is 1.21 bits per heavy atom. The first kappa shape index (κ1) is 15.9. The number of amides is 1. The molecule has 0 radical (unpaired) electrons. The summed E-state index contributed by atoms with van der Waals surface area (Å²) in [6.07, 6.45) is 0.101. The normalized spacial score (nSPS) is 10.8. The molecule has 1 amide bonds. The van der Waals surface area contributed by atoms with Gasteiger partial charge in [-0.1, -0.05) is 18.2 Å². The van der Waals surface area contributed by atoms with Crippen LogP contribution in [-0.2, 0) is 11.3 Å². The van der Waals surface area contributed by atoms with Crippen molar-refractivity contribution in [2.24, 2.45) is 0 Å². The molecule has 0 saturated carbocycles. The monoisotopic (exact) mass is 325 g/mol. The smallest absolute Gasteiger partial charge is 0.272 e. The van der Waals surface area contributed by atoms with E-state index in [2.05, 4.69) is 10.3 Å². The maximum atomic E-state index is 13.1. The highest BCUT2D eigenvalue weighted by Crippen LogP contribution is 2.12. The summed E-state index contributed by atoms with van der Waals surface area (Å²) < 4.78 is 14.7. The highest BCUT2D eigenvalue weighted by atomic mass is 19.1. The lowest BCUT2D eigenvalue weighted by atomic mass is 10.2. The number of nitrogens with one attached hydrogen (secondary N) is 1. The summed E-state index contributed by atoms with van der Waals surface area (Å²) in [5.41, 5.74) is 1.96. The van der Waals surface area contributed by atoms with Crippen molar-refractivity contribution in [1.82, 2.24) is 9.55 Å². The number of rotatable bonds is 4. The van der Waals surface area contributed by atoms with E-state index in [0.29, 0.717) is 22.4 Å². The van der Waals surface area contributed by atoms with Gasteiger partial charge in [0.2, 0.25) is 5.91 Å². The van der Waals surface area contributed by atoms with Crippen LogP contribution in [0.25, 0.3) is 11.0 Å². The molecule has 24 heavy (non-hydrogen) atoms. The minimum Gasteiger partial charge on any atom is -0.326 e. The molecule has 1 aromatic heterocycles. The zero-order valence-corrected chi connectivity index (χ0v) is 13.1. The summed E-state index contributed by atoms with van der Waals surface area (Å²) in [5.74, 6) is -0.703. The van der Waals surface area contributed by atoms with Crippen molar-refractivity contribution in [3.63, 3.8) is 0 Å². The van der Waals surface area contributed by atoms with Gasteiger partial charge >= 0.3 is 0 Å². The summed E-state index contributed by atoms with van der Waals surface area (Å²) >= 11 is 0. The molecule has 0 aliphatic carbocycles. The van der Waals surface area contributed by atoms with E-state index in [-0.39, 0.29) is 24.4 Å². The van der Waals surface area contributed by atoms with Crippen LogP contribution in [0.3, 0.4) is 0 Å². The first-order valence-corrected chi connectivity index (χ1v) is 7.56. The number of carbonyl (C=O) groups excluding carboxylic acids is 1. The fourth-order valence-corrected chi connectivity index (χ4v) is 2.55. The van der Waals surface area contributed by atoms with Crippen molar-refractivity contribution < 1.29 is 9.18 Å². The average molecular weight is 325 g/mol. The number of carbonyl (C=O) groups is 1. The zero-order chi connectivity index (χ0) is 17.1. The molecule has 0 saturated heterocycles. The van der Waals surface area contributed by atoms with Gasteiger partial charge in [-0.3, -0.25) is 9.59 Å². The first-order valence-electron chi connectivity index (χ1n) is 7.56. The van der Waals surface area contributed by atoms with Gasteiger partial charge in [-0.2, -0.15) is 0 Å². The van der Waals surface area contributed by atoms with E-state index in [1.807, 2.05) is 18.2 Å². The van der Waals surface area contributed by atoms with Crippen LogP contribution in [0.2, 0.25) is 0 Å². The third-order valence-corrected chi connectivity index (χ3v) is 3.69. The Kier molecular flexibility index (Phi) is 4.37. The Morgan fingerprint density at radius 2 is 2.00 bits per heavy atom. The fourth-order valence-electron chi connectivity index (χ4n) is 2.55. The SMILES string of the molecule is Cc1nc2ccccc2n(CCC(=O)Nc2cccc(F)c2)c1=O. The van der Waals surface area contributed by atoms with E-state index in [9.17, 15) is 14.0 Å². The van der Waals surface area contributed by atoms with E-state index >= 15 is 0 Å². The number of halogens is 1. The van der Waals surface area contributed by atoms with Crippen LogP contribution < -0.4 is 10.9 Å². The third kappa shape index (κ3) is 3.32. The molecule has 122 valence electrons. The molecule has 3 rings (SSSR count). The predicted molar refractivity (Wildman–Crippen MR) is 90.4 cm³/mol. The Balaban J connectivity index is 1.79. The Hall–Kier alpha value is -3.02. The Labute approximate surface area is 137 Å². The van der Waals surface area contributed by atoms with Gasteiger partial charge in [0.25, 0.3) is 5.56 Å². The van der Waals surface area contributed by atoms with E-state index in [1.54, 1.807) is 23.6 Å². The van der Waals surface area contributed by atoms with Gasteiger partial charge in [0, 0.05) is 18.7 Å². The van der Waals surface area contributed by atoms with E-state index in [0.717, 1.165) is 0 Å². The van der Waals surface area contributed by atoms with E-state index in [4.69, 9.17) is 0 Å². The van der Waals surface area contributed by atoms with Crippen LogP contribution in [0.15, 0.2) is 53.3 Å². The minimum absolute atomic E-state index is 0.101. The number of nitrogens with zero attached hydrogens (tertiary/aromatic N) is 2. The molecule has 3 aromatic rings. The molecular weight excluding hydrogens is 309 g/mol. The quantitative estimate of drug-likeness (QED) is 0.802. The molecule has 2 aromatic carbocycles. The van der Waals surface area contributed by atoms with Crippen LogP contribution in [-0.4, -0.2) is 15.5 Å². The van der Waals surface area contributed by atoms with Crippen molar-refractivity contribution in [3.8, 4) is 0 Å². The van der Waals surface area contributed by atoms with Crippen molar-refractivity contribution in [1.29, 1.82) is 0 Å². The molecule has 5 nitrogen and oxygen atoms in total. The second kappa shape index (κ2) is 6.62. The third-order valence-electron chi connectivity index (χ3n) is 3.69. The largest absolute Gasteiger partial charge is 0.326 e. The highest BCUT2D eigenvalue weighted by Gasteiger charge is 2.10. The van der Waals surface area contributed by atoms with Gasteiger partial charge in [0.05, 0.1) is 11.0 Å². The molecular formula is C18H16FN3O2. The van der Waals surface area contributed by atoms with E-state index in [1.165, 1.54) is 18.2 Å². The highest BCUT2D eigenvalue weighted by molar-refractivity contribution is 5.90. The van der Waals surface area contributed by atoms with Crippen molar-refractivity contribution in [2.45, 2.75) is 19.9 Å². The van der Waals surface area contributed by atoms with Crippen LogP contribution in [0.5, 0.6) is 0 Å². The van der Waals surface area contributed by atoms with Gasteiger partial charge in [-0.25, -0.2) is 9.37 Å². The number of aryl methyl sites for hydroxylation is 2. The number of anilines is 1. The molecule has 0 spiro atoms. The number of hydrogen-bond acceptors (Lipinski definition) is 3. The lowest BCUT2D eigenvalue weighted by Gasteiger charge is -2.11. The molecule has 0 fully saturated rings. The van der Waals surface area contributed by atoms with Gasteiger partial charge in [0.15, 0.2) is 0 Å². The standard InChI is InChI=1S/C18H16FN3O2/c1-12-18(24)22(16-8-3-2-7-15(16)20-12)10-9-17(23)21-14-6-4-5-13(19)11-14/h2-8,11H,9-10H2,1H3,(H,21,23). The molecule has 0 atom stereocenters. The van der Waals surface area contributed by atoms with Crippen molar-refractivity contribution >= 4 is 22.6 Å². The summed E-state index contributed by atoms with van der Waals surface area (Å²) in [7, 11) is 0. The zero-order valence-electron chi connectivity index (χ0n) is 13.1. The Bertz CT molecular complexity index is 966. The molecule has 0 unspecified atom stereocenters. The van der Waals surface area contributed by atoms with Gasteiger partial charge in [-0.15, -0.1) is 0 Å². The molecule has 1 heterocycles. The Morgan fingerprint density at radius 3 is 2.79 bits per heavy atom. The summed E-state index contributed by atoms with van der Waals surface area (Å²) in [6, 6.07) is 13.0. The number of para-hydroxylation sites is 2. The van der Waals surface area contributed by atoms with Gasteiger partial charge in [-0.05, 0) is 37.3 Å². The van der Waals surface area contributed by atoms with Gasteiger partial charge < -0.3 is 9.88 Å². The molecule has 0 aliphatic heterocycles. The molecule has 6 heteroatoms. The first-order chi connectivity index (χ1) is 11.5. The molecule has 0 bridgehead atoms. The van der Waals surface area contributed by atoms with Crippen molar-refractivity contribution in [3.05, 3.63) is 70.4 Å². The molecule has 1 N–H and O–H groups in total. The van der Waals surface area contributed by atoms with Crippen LogP contribution in [0.1, 0.15) is 12.1 Å². The average Bonchev–Trinajstić information content (AvgIpc) is 2.55. The van der Waals surface area contributed by atoms with Gasteiger partial charge in [0.1, 0.15) is 11.5 Å². The number of benzene rings is 2. The maximum absolute atomic E-state index is 13.1. The van der Waals surface area contributed by atoms with Crippen LogP contribution >= 0.6 is 0 Å². The second-order valence-corrected chi connectivity index (χ2v) is 5.45. The van der Waals surface area contributed by atoms with Crippen LogP contribution in [0, 0.1) is 12.7 Å². The maximum Gasteiger partial charge on any atom is 0.272 e.